The van der Waals surface area contributed by atoms with E-state index in [4.69, 9.17) is 19.9 Å². The number of aryl methyl sites for hydroxylation is 1. The van der Waals surface area contributed by atoms with E-state index < -0.39 is 5.79 Å². The highest BCUT2D eigenvalue weighted by Gasteiger charge is 2.49. The molecule has 0 atom stereocenters. The molecule has 0 radical (unpaired) electrons. The van der Waals surface area contributed by atoms with Gasteiger partial charge in [0.1, 0.15) is 19.0 Å². The lowest BCUT2D eigenvalue weighted by molar-refractivity contribution is -0.246. The molecule has 1 aromatic heterocycles. The average Bonchev–Trinajstić information content (AvgIpc) is 2.77. The molecule has 1 fully saturated rings. The molecule has 0 amide bonds. The minimum Gasteiger partial charge on any atom is -0.444 e. The molecule has 0 aliphatic carbocycles. The van der Waals surface area contributed by atoms with E-state index in [-0.39, 0.29) is 0 Å². The van der Waals surface area contributed by atoms with Crippen molar-refractivity contribution in [2.24, 2.45) is 0 Å². The second kappa shape index (κ2) is 3.86. The number of hydrogen-bond donors (Lipinski definition) is 1. The smallest absolute Gasteiger partial charge is 0.298 e. The molecule has 2 aliphatic rings. The zero-order chi connectivity index (χ0) is 13.7. The molecule has 1 saturated heterocycles. The van der Waals surface area contributed by atoms with Gasteiger partial charge < -0.3 is 19.9 Å². The Labute approximate surface area is 116 Å². The van der Waals surface area contributed by atoms with Gasteiger partial charge in [0.25, 0.3) is 5.79 Å². The number of nitrogen functional groups attached to an aromatic ring is 1. The molecule has 0 bridgehead atoms. The molecule has 1 spiro atoms. The van der Waals surface area contributed by atoms with E-state index in [1.165, 1.54) is 0 Å². The third-order valence-corrected chi connectivity index (χ3v) is 3.62. The summed E-state index contributed by atoms with van der Waals surface area (Å²) in [6.07, 6.45) is 1.77. The van der Waals surface area contributed by atoms with Crippen LogP contribution in [0.15, 0.2) is 30.5 Å². The Morgan fingerprint density at radius 2 is 1.90 bits per heavy atom. The predicted molar refractivity (Wildman–Crippen MR) is 73.6 cm³/mol. The Morgan fingerprint density at radius 3 is 2.50 bits per heavy atom. The summed E-state index contributed by atoms with van der Waals surface area (Å²) in [5, 5.41) is 0. The topological polar surface area (TPSA) is 66.6 Å². The first-order valence-electron chi connectivity index (χ1n) is 6.48. The Balaban J connectivity index is 1.76. The van der Waals surface area contributed by atoms with Crippen LogP contribution in [0.3, 0.4) is 0 Å². The maximum absolute atomic E-state index is 5.88. The van der Waals surface area contributed by atoms with Gasteiger partial charge in [0.2, 0.25) is 0 Å². The summed E-state index contributed by atoms with van der Waals surface area (Å²) in [6, 6.07) is 7.73. The van der Waals surface area contributed by atoms with Crippen LogP contribution in [-0.2, 0) is 4.74 Å². The highest BCUT2D eigenvalue weighted by molar-refractivity contribution is 5.71. The zero-order valence-corrected chi connectivity index (χ0v) is 11.1. The second-order valence-electron chi connectivity index (χ2n) is 5.19. The fraction of sp³-hybridized carbons (Fsp3) is 0.267. The van der Waals surface area contributed by atoms with Gasteiger partial charge in [0.05, 0.1) is 0 Å². The lowest BCUT2D eigenvalue weighted by Gasteiger charge is -2.34. The van der Waals surface area contributed by atoms with Crippen LogP contribution in [0.2, 0.25) is 0 Å². The summed E-state index contributed by atoms with van der Waals surface area (Å²) in [4.78, 5) is 4.13. The van der Waals surface area contributed by atoms with Crippen LogP contribution < -0.4 is 15.2 Å². The number of nitrogens with two attached hydrogens (primary N) is 1. The SMILES string of the molecule is Cc1cc2c(cc1-c1ccc(N)nc1)OC1(COC1)O2. The first-order chi connectivity index (χ1) is 9.65. The van der Waals surface area contributed by atoms with Gasteiger partial charge in [-0.3, -0.25) is 0 Å². The minimum absolute atomic E-state index is 0.472. The van der Waals surface area contributed by atoms with Gasteiger partial charge in [0.15, 0.2) is 11.5 Å². The van der Waals surface area contributed by atoms with E-state index in [9.17, 15) is 0 Å². The third kappa shape index (κ3) is 1.63. The fourth-order valence-corrected chi connectivity index (χ4v) is 2.50. The molecule has 20 heavy (non-hydrogen) atoms. The van der Waals surface area contributed by atoms with Gasteiger partial charge in [-0.25, -0.2) is 4.98 Å². The van der Waals surface area contributed by atoms with Crippen molar-refractivity contribution in [3.8, 4) is 22.6 Å². The molecule has 4 rings (SSSR count). The van der Waals surface area contributed by atoms with Crippen LogP contribution in [0.1, 0.15) is 5.56 Å². The number of ether oxygens (including phenoxy) is 3. The maximum atomic E-state index is 5.88. The first-order valence-corrected chi connectivity index (χ1v) is 6.48. The Bertz CT molecular complexity index is 678. The molecule has 102 valence electrons. The predicted octanol–water partition coefficient (Wildman–Crippen LogP) is 2.14. The van der Waals surface area contributed by atoms with Crippen molar-refractivity contribution in [2.75, 3.05) is 18.9 Å². The van der Waals surface area contributed by atoms with Gasteiger partial charge in [0, 0.05) is 11.8 Å². The van der Waals surface area contributed by atoms with Crippen LogP contribution in [0.5, 0.6) is 11.5 Å². The summed E-state index contributed by atoms with van der Waals surface area (Å²) in [5.74, 6) is 1.44. The lowest BCUT2D eigenvalue weighted by Crippen LogP contribution is -2.56. The fourth-order valence-electron chi connectivity index (χ4n) is 2.50. The standard InChI is InChI=1S/C15H14N2O3/c1-9-4-12-13(20-15(19-12)7-18-8-15)5-11(9)10-2-3-14(16)17-6-10/h2-6H,7-8H2,1H3,(H2,16,17). The number of benzene rings is 1. The monoisotopic (exact) mass is 270 g/mol. The van der Waals surface area contributed by atoms with E-state index in [1.807, 2.05) is 25.1 Å². The molecule has 2 aliphatic heterocycles. The number of nitrogens with zero attached hydrogens (tertiary/aromatic N) is 1. The van der Waals surface area contributed by atoms with Gasteiger partial charge >= 0.3 is 0 Å². The van der Waals surface area contributed by atoms with Crippen molar-refractivity contribution in [2.45, 2.75) is 12.7 Å². The van der Waals surface area contributed by atoms with Crippen molar-refractivity contribution in [3.63, 3.8) is 0 Å². The van der Waals surface area contributed by atoms with E-state index in [0.717, 1.165) is 28.2 Å². The molecule has 0 saturated carbocycles. The normalized spacial score (nSPS) is 18.1. The molecule has 2 aromatic rings. The van der Waals surface area contributed by atoms with Gasteiger partial charge in [-0.2, -0.15) is 0 Å². The molecule has 3 heterocycles. The van der Waals surface area contributed by atoms with Crippen molar-refractivity contribution >= 4 is 5.82 Å². The van der Waals surface area contributed by atoms with Gasteiger partial charge in [-0.05, 0) is 42.3 Å². The Hall–Kier alpha value is -2.27. The van der Waals surface area contributed by atoms with E-state index in [1.54, 1.807) is 12.3 Å². The third-order valence-electron chi connectivity index (χ3n) is 3.62. The summed E-state index contributed by atoms with van der Waals surface area (Å²) >= 11 is 0. The average molecular weight is 270 g/mol. The Kier molecular flexibility index (Phi) is 2.23. The van der Waals surface area contributed by atoms with Crippen LogP contribution in [0.4, 0.5) is 5.82 Å². The number of aromatic nitrogens is 1. The quantitative estimate of drug-likeness (QED) is 0.860. The molecule has 5 heteroatoms. The van der Waals surface area contributed by atoms with Crippen molar-refractivity contribution in [1.29, 1.82) is 0 Å². The zero-order valence-electron chi connectivity index (χ0n) is 11.1. The van der Waals surface area contributed by atoms with Gasteiger partial charge in [-0.15, -0.1) is 0 Å². The molecule has 0 unspecified atom stereocenters. The number of rotatable bonds is 1. The second-order valence-corrected chi connectivity index (χ2v) is 5.19. The van der Waals surface area contributed by atoms with Gasteiger partial charge in [-0.1, -0.05) is 0 Å². The summed E-state index contributed by atoms with van der Waals surface area (Å²) < 4.78 is 16.9. The minimum atomic E-state index is -0.604. The summed E-state index contributed by atoms with van der Waals surface area (Å²) in [6.45, 7) is 2.98. The number of anilines is 1. The largest absolute Gasteiger partial charge is 0.444 e. The molecule has 2 N–H and O–H groups in total. The molecular weight excluding hydrogens is 256 g/mol. The molecule has 5 nitrogen and oxygen atoms in total. The number of fused-ring (bicyclic) bond motifs is 1. The molecular formula is C15H14N2O3. The number of hydrogen-bond acceptors (Lipinski definition) is 5. The van der Waals surface area contributed by atoms with Crippen LogP contribution >= 0.6 is 0 Å². The highest BCUT2D eigenvalue weighted by atomic mass is 16.8. The van der Waals surface area contributed by atoms with Crippen molar-refractivity contribution < 1.29 is 14.2 Å². The van der Waals surface area contributed by atoms with E-state index >= 15 is 0 Å². The first kappa shape index (κ1) is 11.5. The number of pyridine rings is 1. The molecule has 1 aromatic carbocycles. The van der Waals surface area contributed by atoms with Crippen molar-refractivity contribution in [3.05, 3.63) is 36.0 Å². The van der Waals surface area contributed by atoms with E-state index in [0.29, 0.717) is 19.0 Å². The summed E-state index contributed by atoms with van der Waals surface area (Å²) in [5.41, 5.74) is 8.81. The van der Waals surface area contributed by atoms with Crippen LogP contribution in [-0.4, -0.2) is 24.0 Å². The maximum Gasteiger partial charge on any atom is 0.298 e. The summed E-state index contributed by atoms with van der Waals surface area (Å²) in [7, 11) is 0. The highest BCUT2D eigenvalue weighted by Crippen LogP contribution is 2.45. The van der Waals surface area contributed by atoms with Crippen LogP contribution in [0.25, 0.3) is 11.1 Å². The van der Waals surface area contributed by atoms with E-state index in [2.05, 4.69) is 4.98 Å². The Morgan fingerprint density at radius 1 is 1.15 bits per heavy atom. The lowest BCUT2D eigenvalue weighted by atomic mass is 10.0. The van der Waals surface area contributed by atoms with Crippen LogP contribution in [0, 0.1) is 6.92 Å². The van der Waals surface area contributed by atoms with Crippen molar-refractivity contribution in [1.82, 2.24) is 4.98 Å².